The number of amides is 2. The van der Waals surface area contributed by atoms with E-state index in [0.29, 0.717) is 17.9 Å². The average molecular weight is 515 g/mol. The zero-order valence-electron chi connectivity index (χ0n) is 20.8. The summed E-state index contributed by atoms with van der Waals surface area (Å²) in [7, 11) is 1.58. The largest absolute Gasteiger partial charge is 0.497 e. The van der Waals surface area contributed by atoms with Crippen molar-refractivity contribution in [3.63, 3.8) is 0 Å². The number of hydrogen-bond donors (Lipinski definition) is 1. The number of carbonyl (C=O) groups is 3. The summed E-state index contributed by atoms with van der Waals surface area (Å²) in [5.74, 6) is -1.38. The highest BCUT2D eigenvalue weighted by molar-refractivity contribution is 8.02. The van der Waals surface area contributed by atoms with E-state index in [0.717, 1.165) is 6.42 Å². The minimum absolute atomic E-state index is 0.0411. The molecule has 6 atom stereocenters. The maximum atomic E-state index is 14.4. The monoisotopic (exact) mass is 514 g/mol. The van der Waals surface area contributed by atoms with Crippen LogP contribution in [0.4, 0.5) is 5.69 Å². The maximum absolute atomic E-state index is 14.4. The molecule has 3 aliphatic rings. The van der Waals surface area contributed by atoms with Crippen molar-refractivity contribution in [3.05, 3.63) is 49.6 Å². The molecule has 3 unspecified atom stereocenters. The van der Waals surface area contributed by atoms with E-state index < -0.39 is 28.6 Å². The molecule has 8 nitrogen and oxygen atoms in total. The fraction of sp³-hybridized carbons (Fsp3) is 0.519. The van der Waals surface area contributed by atoms with E-state index >= 15 is 0 Å². The smallest absolute Gasteiger partial charge is 0.311 e. The summed E-state index contributed by atoms with van der Waals surface area (Å²) in [6.07, 6.45) is 4.24. The first kappa shape index (κ1) is 26.3. The lowest BCUT2D eigenvalue weighted by atomic mass is 9.66. The molecule has 9 heteroatoms. The lowest BCUT2D eigenvalue weighted by Gasteiger charge is -2.40. The molecule has 0 aliphatic carbocycles. The Morgan fingerprint density at radius 2 is 2.00 bits per heavy atom. The number of nitrogens with zero attached hydrogens (tertiary/aromatic N) is 2. The number of thioether (sulfide) groups is 1. The van der Waals surface area contributed by atoms with Gasteiger partial charge < -0.3 is 24.4 Å². The SMILES string of the molecule is C=CCOC(=O)[C@@H]1[C@H]2C(=O)N(CCCO)C(C(=O)N(CC=C)c3ccc(OC)cc3)C23S[C@@H]1CC3C. The molecule has 1 aromatic carbocycles. The van der Waals surface area contributed by atoms with E-state index in [1.165, 1.54) is 6.08 Å². The Labute approximate surface area is 216 Å². The highest BCUT2D eigenvalue weighted by Gasteiger charge is 2.76. The third kappa shape index (κ3) is 4.12. The fourth-order valence-electron chi connectivity index (χ4n) is 6.15. The van der Waals surface area contributed by atoms with Crippen LogP contribution >= 0.6 is 11.8 Å². The number of anilines is 1. The standard InChI is InChI=1S/C27H34N2O6S/c1-5-12-28(18-8-10-19(34-4)11-9-18)25(32)23-27-17(3)16-20(36-27)21(26(33)35-15-6-2)22(27)24(31)29(23)13-7-14-30/h5-6,8-11,17,20-23,30H,1-2,7,12-16H2,3-4H3/t17?,20-,21+,22+,23?,27?/m1/s1. The zero-order chi connectivity index (χ0) is 26.0. The Morgan fingerprint density at radius 1 is 1.28 bits per heavy atom. The van der Waals surface area contributed by atoms with Crippen molar-refractivity contribution in [3.8, 4) is 5.75 Å². The summed E-state index contributed by atoms with van der Waals surface area (Å²) in [5.41, 5.74) is 0.669. The second-order valence-electron chi connectivity index (χ2n) is 9.52. The number of aliphatic hydroxyl groups excluding tert-OH is 1. The molecule has 3 fully saturated rings. The number of fused-ring (bicyclic) bond motifs is 1. The number of esters is 1. The highest BCUT2D eigenvalue weighted by atomic mass is 32.2. The summed E-state index contributed by atoms with van der Waals surface area (Å²) < 4.78 is 9.92. The first-order chi connectivity index (χ1) is 17.3. The molecule has 194 valence electrons. The minimum Gasteiger partial charge on any atom is -0.497 e. The number of ether oxygens (including phenoxy) is 2. The molecule has 3 aliphatic heterocycles. The van der Waals surface area contributed by atoms with Gasteiger partial charge in [0.1, 0.15) is 18.4 Å². The maximum Gasteiger partial charge on any atom is 0.311 e. The molecular weight excluding hydrogens is 480 g/mol. The molecule has 3 heterocycles. The number of benzene rings is 1. The van der Waals surface area contributed by atoms with E-state index in [-0.39, 0.29) is 49.3 Å². The molecule has 2 amide bonds. The Balaban J connectivity index is 1.76. The summed E-state index contributed by atoms with van der Waals surface area (Å²) in [6.45, 7) is 9.99. The van der Waals surface area contributed by atoms with Crippen LogP contribution in [0.2, 0.25) is 0 Å². The molecule has 3 saturated heterocycles. The lowest BCUT2D eigenvalue weighted by molar-refractivity contribution is -0.153. The van der Waals surface area contributed by atoms with E-state index in [4.69, 9.17) is 9.47 Å². The van der Waals surface area contributed by atoms with Crippen molar-refractivity contribution >= 4 is 35.2 Å². The molecular formula is C27H34N2O6S. The van der Waals surface area contributed by atoms with Gasteiger partial charge in [0, 0.05) is 30.6 Å². The second kappa shape index (κ2) is 10.7. The van der Waals surface area contributed by atoms with Crippen LogP contribution in [-0.4, -0.2) is 77.2 Å². The predicted octanol–water partition coefficient (Wildman–Crippen LogP) is 2.66. The van der Waals surface area contributed by atoms with E-state index in [9.17, 15) is 19.5 Å². The highest BCUT2D eigenvalue weighted by Crippen LogP contribution is 2.68. The molecule has 1 N–H and O–H groups in total. The normalized spacial score (nSPS) is 30.1. The molecule has 4 rings (SSSR count). The van der Waals surface area contributed by atoms with Crippen LogP contribution in [-0.2, 0) is 19.1 Å². The van der Waals surface area contributed by atoms with Crippen molar-refractivity contribution in [2.45, 2.75) is 35.8 Å². The summed E-state index contributed by atoms with van der Waals surface area (Å²) in [4.78, 5) is 44.6. The number of likely N-dealkylation sites (tertiary alicyclic amines) is 1. The van der Waals surface area contributed by atoms with Crippen molar-refractivity contribution < 1.29 is 29.0 Å². The first-order valence-corrected chi connectivity index (χ1v) is 13.2. The zero-order valence-corrected chi connectivity index (χ0v) is 21.6. The van der Waals surface area contributed by atoms with Gasteiger partial charge in [0.25, 0.3) is 5.91 Å². The minimum atomic E-state index is -0.772. The molecule has 36 heavy (non-hydrogen) atoms. The van der Waals surface area contributed by atoms with Crippen LogP contribution in [0.5, 0.6) is 5.75 Å². The van der Waals surface area contributed by atoms with Gasteiger partial charge in [0.2, 0.25) is 5.91 Å². The van der Waals surface area contributed by atoms with Crippen molar-refractivity contribution in [1.82, 2.24) is 4.90 Å². The van der Waals surface area contributed by atoms with Gasteiger partial charge in [0.05, 0.1) is 23.7 Å². The van der Waals surface area contributed by atoms with Crippen LogP contribution in [0.1, 0.15) is 19.8 Å². The van der Waals surface area contributed by atoms with Crippen LogP contribution in [0.25, 0.3) is 0 Å². The first-order valence-electron chi connectivity index (χ1n) is 12.3. The van der Waals surface area contributed by atoms with Gasteiger partial charge in [-0.15, -0.1) is 18.3 Å². The molecule has 1 aromatic rings. The molecule has 1 spiro atoms. The van der Waals surface area contributed by atoms with Gasteiger partial charge in [-0.05, 0) is 43.0 Å². The molecule has 0 aromatic heterocycles. The topological polar surface area (TPSA) is 96.4 Å². The summed E-state index contributed by atoms with van der Waals surface area (Å²) in [5, 5.41) is 9.45. The Bertz CT molecular complexity index is 1030. The quantitative estimate of drug-likeness (QED) is 0.358. The van der Waals surface area contributed by atoms with Gasteiger partial charge in [0.15, 0.2) is 0 Å². The van der Waals surface area contributed by atoms with Crippen molar-refractivity contribution in [2.75, 3.05) is 38.3 Å². The van der Waals surface area contributed by atoms with E-state index in [2.05, 4.69) is 20.1 Å². The Hall–Kier alpha value is -2.78. The van der Waals surface area contributed by atoms with Gasteiger partial charge in [-0.1, -0.05) is 25.7 Å². The third-order valence-electron chi connectivity index (χ3n) is 7.61. The van der Waals surface area contributed by atoms with Gasteiger partial charge in [-0.2, -0.15) is 0 Å². The van der Waals surface area contributed by atoms with E-state index in [1.54, 1.807) is 46.9 Å². The van der Waals surface area contributed by atoms with Crippen molar-refractivity contribution in [1.29, 1.82) is 0 Å². The number of aliphatic hydroxyl groups is 1. The number of carbonyl (C=O) groups excluding carboxylic acids is 3. The van der Waals surface area contributed by atoms with Crippen LogP contribution in [0, 0.1) is 17.8 Å². The average Bonchev–Trinajstić information content (AvgIpc) is 3.47. The Morgan fingerprint density at radius 3 is 2.61 bits per heavy atom. The molecule has 2 bridgehead atoms. The number of hydrogen-bond acceptors (Lipinski definition) is 7. The third-order valence-corrected chi connectivity index (χ3v) is 9.69. The number of methoxy groups -OCH3 is 1. The number of rotatable bonds is 11. The van der Waals surface area contributed by atoms with Crippen LogP contribution in [0.15, 0.2) is 49.6 Å². The summed E-state index contributed by atoms with van der Waals surface area (Å²) in [6, 6.07) is 6.41. The van der Waals surface area contributed by atoms with Gasteiger partial charge in [-0.25, -0.2) is 0 Å². The molecule has 0 radical (unpaired) electrons. The Kier molecular flexibility index (Phi) is 7.80. The second-order valence-corrected chi connectivity index (χ2v) is 11.1. The fourth-order valence-corrected chi connectivity index (χ4v) is 8.55. The van der Waals surface area contributed by atoms with Gasteiger partial charge in [-0.3, -0.25) is 14.4 Å². The van der Waals surface area contributed by atoms with Gasteiger partial charge >= 0.3 is 5.97 Å². The van der Waals surface area contributed by atoms with Crippen LogP contribution in [0.3, 0.4) is 0 Å². The van der Waals surface area contributed by atoms with E-state index in [1.807, 2.05) is 12.1 Å². The lowest BCUT2D eigenvalue weighted by Crippen LogP contribution is -2.57. The van der Waals surface area contributed by atoms with Crippen LogP contribution < -0.4 is 9.64 Å². The molecule has 0 saturated carbocycles. The summed E-state index contributed by atoms with van der Waals surface area (Å²) >= 11 is 1.60. The van der Waals surface area contributed by atoms with Crippen molar-refractivity contribution in [2.24, 2.45) is 17.8 Å². The predicted molar refractivity (Wildman–Crippen MR) is 139 cm³/mol.